The van der Waals surface area contributed by atoms with Crippen molar-refractivity contribution < 1.29 is 4.42 Å². The highest BCUT2D eigenvalue weighted by Crippen LogP contribution is 2.05. The van der Waals surface area contributed by atoms with Crippen LogP contribution >= 0.6 is 0 Å². The lowest BCUT2D eigenvalue weighted by atomic mass is 10.3. The first kappa shape index (κ1) is 10.3. The molecule has 0 aliphatic carbocycles. The molecular formula is C10H18N2O. The van der Waals surface area contributed by atoms with E-state index in [1.807, 2.05) is 19.1 Å². The quantitative estimate of drug-likeness (QED) is 0.647. The summed E-state index contributed by atoms with van der Waals surface area (Å²) in [6, 6.07) is 4.02. The van der Waals surface area contributed by atoms with Crippen molar-refractivity contribution in [2.75, 3.05) is 19.6 Å². The van der Waals surface area contributed by atoms with Crippen molar-refractivity contribution in [2.24, 2.45) is 5.73 Å². The van der Waals surface area contributed by atoms with E-state index in [0.29, 0.717) is 0 Å². The third-order valence-electron chi connectivity index (χ3n) is 1.90. The Balaban J connectivity index is 2.06. The Morgan fingerprint density at radius 3 is 2.85 bits per heavy atom. The minimum absolute atomic E-state index is 0.757. The molecule has 74 valence electrons. The molecule has 1 aromatic heterocycles. The number of rotatable bonds is 6. The summed E-state index contributed by atoms with van der Waals surface area (Å²) < 4.78 is 5.43. The van der Waals surface area contributed by atoms with E-state index < -0.39 is 0 Å². The molecule has 0 spiro atoms. The van der Waals surface area contributed by atoms with Crippen LogP contribution in [0.2, 0.25) is 0 Å². The monoisotopic (exact) mass is 182 g/mol. The van der Waals surface area contributed by atoms with Crippen LogP contribution in [0.25, 0.3) is 0 Å². The van der Waals surface area contributed by atoms with Gasteiger partial charge in [0.25, 0.3) is 0 Å². The van der Waals surface area contributed by atoms with Crippen LogP contribution in [0.4, 0.5) is 0 Å². The lowest BCUT2D eigenvalue weighted by molar-refractivity contribution is 0.475. The minimum atomic E-state index is 0.757. The van der Waals surface area contributed by atoms with Crippen LogP contribution in [-0.2, 0) is 6.42 Å². The number of nitrogens with two attached hydrogens (primary N) is 1. The van der Waals surface area contributed by atoms with E-state index in [2.05, 4.69) is 5.32 Å². The molecule has 0 aromatic carbocycles. The number of nitrogens with one attached hydrogen (secondary N) is 1. The highest BCUT2D eigenvalue weighted by atomic mass is 16.3. The van der Waals surface area contributed by atoms with Gasteiger partial charge in [-0.25, -0.2) is 0 Å². The Morgan fingerprint density at radius 1 is 1.38 bits per heavy atom. The molecule has 3 nitrogen and oxygen atoms in total. The van der Waals surface area contributed by atoms with Crippen LogP contribution < -0.4 is 11.1 Å². The first-order valence-corrected chi connectivity index (χ1v) is 4.79. The number of aryl methyl sites for hydroxylation is 1. The predicted octanol–water partition coefficient (Wildman–Crippen LogP) is 1.07. The fourth-order valence-electron chi connectivity index (χ4n) is 1.18. The van der Waals surface area contributed by atoms with Crippen molar-refractivity contribution in [3.05, 3.63) is 23.7 Å². The second kappa shape index (κ2) is 5.78. The standard InChI is InChI=1S/C10H18N2O/c1-9-3-4-10(13-9)5-8-12-7-2-6-11/h3-4,12H,2,5-8,11H2,1H3. The molecular weight excluding hydrogens is 164 g/mol. The third kappa shape index (κ3) is 4.10. The molecule has 0 bridgehead atoms. The van der Waals surface area contributed by atoms with E-state index in [9.17, 15) is 0 Å². The SMILES string of the molecule is Cc1ccc(CCNCCCN)o1. The zero-order valence-corrected chi connectivity index (χ0v) is 8.18. The van der Waals surface area contributed by atoms with E-state index in [4.69, 9.17) is 10.2 Å². The molecule has 0 unspecified atom stereocenters. The molecule has 1 heterocycles. The first-order chi connectivity index (χ1) is 6.33. The van der Waals surface area contributed by atoms with Gasteiger partial charge < -0.3 is 15.5 Å². The molecule has 0 amide bonds. The first-order valence-electron chi connectivity index (χ1n) is 4.79. The molecule has 1 rings (SSSR count). The van der Waals surface area contributed by atoms with Gasteiger partial charge in [0.05, 0.1) is 0 Å². The van der Waals surface area contributed by atoms with Gasteiger partial charge in [0.2, 0.25) is 0 Å². The second-order valence-electron chi connectivity index (χ2n) is 3.15. The molecule has 0 saturated heterocycles. The molecule has 0 saturated carbocycles. The Labute approximate surface area is 79.3 Å². The van der Waals surface area contributed by atoms with Gasteiger partial charge in [-0.15, -0.1) is 0 Å². The summed E-state index contributed by atoms with van der Waals surface area (Å²) in [5.41, 5.74) is 5.37. The van der Waals surface area contributed by atoms with Crippen LogP contribution in [0.1, 0.15) is 17.9 Å². The summed E-state index contributed by atoms with van der Waals surface area (Å²) in [7, 11) is 0. The summed E-state index contributed by atoms with van der Waals surface area (Å²) in [5.74, 6) is 2.04. The van der Waals surface area contributed by atoms with E-state index in [1.54, 1.807) is 0 Å². The molecule has 0 atom stereocenters. The average molecular weight is 182 g/mol. The molecule has 3 heteroatoms. The maximum absolute atomic E-state index is 5.43. The van der Waals surface area contributed by atoms with E-state index >= 15 is 0 Å². The summed E-state index contributed by atoms with van der Waals surface area (Å²) >= 11 is 0. The average Bonchev–Trinajstić information content (AvgIpc) is 2.51. The summed E-state index contributed by atoms with van der Waals surface area (Å²) in [6.07, 6.45) is 2.00. The molecule has 3 N–H and O–H groups in total. The van der Waals surface area contributed by atoms with Gasteiger partial charge in [-0.2, -0.15) is 0 Å². The number of hydrogen-bond donors (Lipinski definition) is 2. The number of furan rings is 1. The zero-order valence-electron chi connectivity index (χ0n) is 8.18. The highest BCUT2D eigenvalue weighted by molar-refractivity contribution is 5.05. The minimum Gasteiger partial charge on any atom is -0.466 e. The third-order valence-corrected chi connectivity index (χ3v) is 1.90. The van der Waals surface area contributed by atoms with Gasteiger partial charge in [0.15, 0.2) is 0 Å². The van der Waals surface area contributed by atoms with Gasteiger partial charge in [0.1, 0.15) is 11.5 Å². The molecule has 13 heavy (non-hydrogen) atoms. The molecule has 1 aromatic rings. The van der Waals surface area contributed by atoms with Crippen molar-refractivity contribution in [2.45, 2.75) is 19.8 Å². The van der Waals surface area contributed by atoms with Crippen LogP contribution in [-0.4, -0.2) is 19.6 Å². The summed E-state index contributed by atoms with van der Waals surface area (Å²) in [4.78, 5) is 0. The van der Waals surface area contributed by atoms with E-state index in [-0.39, 0.29) is 0 Å². The predicted molar refractivity (Wildman–Crippen MR) is 53.7 cm³/mol. The molecule has 0 fully saturated rings. The topological polar surface area (TPSA) is 51.2 Å². The Morgan fingerprint density at radius 2 is 2.23 bits per heavy atom. The Hall–Kier alpha value is -0.800. The van der Waals surface area contributed by atoms with Crippen LogP contribution in [0.5, 0.6) is 0 Å². The van der Waals surface area contributed by atoms with Crippen molar-refractivity contribution >= 4 is 0 Å². The van der Waals surface area contributed by atoms with Crippen molar-refractivity contribution in [1.29, 1.82) is 0 Å². The van der Waals surface area contributed by atoms with E-state index in [1.165, 1.54) is 0 Å². The number of hydrogen-bond acceptors (Lipinski definition) is 3. The lowest BCUT2D eigenvalue weighted by Crippen LogP contribution is -2.20. The van der Waals surface area contributed by atoms with Crippen molar-refractivity contribution in [1.82, 2.24) is 5.32 Å². The van der Waals surface area contributed by atoms with Gasteiger partial charge in [0, 0.05) is 13.0 Å². The fourth-order valence-corrected chi connectivity index (χ4v) is 1.18. The normalized spacial score (nSPS) is 10.6. The van der Waals surface area contributed by atoms with Crippen LogP contribution in [0.15, 0.2) is 16.5 Å². The largest absolute Gasteiger partial charge is 0.466 e. The molecule has 0 radical (unpaired) electrons. The van der Waals surface area contributed by atoms with Gasteiger partial charge in [-0.05, 0) is 38.6 Å². The van der Waals surface area contributed by atoms with Crippen molar-refractivity contribution in [3.63, 3.8) is 0 Å². The van der Waals surface area contributed by atoms with Gasteiger partial charge >= 0.3 is 0 Å². The Kier molecular flexibility index (Phi) is 4.57. The van der Waals surface area contributed by atoms with Gasteiger partial charge in [-0.1, -0.05) is 0 Å². The fraction of sp³-hybridized carbons (Fsp3) is 0.600. The van der Waals surface area contributed by atoms with Crippen LogP contribution in [0, 0.1) is 6.92 Å². The molecule has 0 aliphatic heterocycles. The molecule has 0 aliphatic rings. The summed E-state index contributed by atoms with van der Waals surface area (Å²) in [6.45, 7) is 4.68. The summed E-state index contributed by atoms with van der Waals surface area (Å²) in [5, 5.41) is 3.30. The highest BCUT2D eigenvalue weighted by Gasteiger charge is 1.96. The van der Waals surface area contributed by atoms with E-state index in [0.717, 1.165) is 44.0 Å². The maximum Gasteiger partial charge on any atom is 0.105 e. The zero-order chi connectivity index (χ0) is 9.52. The van der Waals surface area contributed by atoms with Gasteiger partial charge in [-0.3, -0.25) is 0 Å². The Bertz CT molecular complexity index is 233. The lowest BCUT2D eigenvalue weighted by Gasteiger charge is -2.00. The van der Waals surface area contributed by atoms with Crippen molar-refractivity contribution in [3.8, 4) is 0 Å². The maximum atomic E-state index is 5.43. The van der Waals surface area contributed by atoms with Crippen LogP contribution in [0.3, 0.4) is 0 Å². The smallest absolute Gasteiger partial charge is 0.105 e. The second-order valence-corrected chi connectivity index (χ2v) is 3.15.